The molecule has 0 unspecified atom stereocenters. The number of rotatable bonds is 48. The minimum atomic E-state index is -0.799. The van der Waals surface area contributed by atoms with Crippen LogP contribution in [0.25, 0.3) is 0 Å². The minimum absolute atomic E-state index is 0.0950. The second-order valence-electron chi connectivity index (χ2n) is 17.7. The quantitative estimate of drug-likeness (QED) is 0.0262. The summed E-state index contributed by atoms with van der Waals surface area (Å²) in [7, 11) is 0. The van der Waals surface area contributed by atoms with E-state index in [1.807, 2.05) is 0 Å². The first-order chi connectivity index (χ1) is 32.0. The lowest BCUT2D eigenvalue weighted by molar-refractivity contribution is -0.167. The van der Waals surface area contributed by atoms with Crippen LogP contribution in [-0.4, -0.2) is 37.2 Å². The Labute approximate surface area is 401 Å². The molecule has 65 heavy (non-hydrogen) atoms. The summed E-state index contributed by atoms with van der Waals surface area (Å²) in [5, 5.41) is 0. The van der Waals surface area contributed by atoms with E-state index < -0.39 is 6.10 Å². The molecule has 0 amide bonds. The molecule has 6 heteroatoms. The van der Waals surface area contributed by atoms with E-state index >= 15 is 0 Å². The van der Waals surface area contributed by atoms with Gasteiger partial charge in [-0.05, 0) is 109 Å². The van der Waals surface area contributed by atoms with Gasteiger partial charge in [0.1, 0.15) is 13.2 Å². The number of carbonyl (C=O) groups excluding carboxylic acids is 3. The zero-order chi connectivity index (χ0) is 47.2. The maximum atomic E-state index is 12.8. The summed E-state index contributed by atoms with van der Waals surface area (Å²) >= 11 is 0. The molecule has 0 heterocycles. The van der Waals surface area contributed by atoms with Crippen molar-refractivity contribution in [1.82, 2.24) is 0 Å². The van der Waals surface area contributed by atoms with Crippen LogP contribution in [-0.2, 0) is 28.6 Å². The molecular formula is C59H100O6. The van der Waals surface area contributed by atoms with Crippen LogP contribution in [0.15, 0.2) is 85.1 Å². The predicted molar refractivity (Wildman–Crippen MR) is 279 cm³/mol. The lowest BCUT2D eigenvalue weighted by Crippen LogP contribution is -2.30. The third-order valence-corrected chi connectivity index (χ3v) is 11.4. The third kappa shape index (κ3) is 51.4. The molecule has 0 fully saturated rings. The van der Waals surface area contributed by atoms with Crippen LogP contribution >= 0.6 is 0 Å². The molecule has 0 bridgehead atoms. The van der Waals surface area contributed by atoms with Gasteiger partial charge in [0, 0.05) is 19.3 Å². The normalized spacial score (nSPS) is 12.7. The molecule has 0 aromatic heterocycles. The van der Waals surface area contributed by atoms with Gasteiger partial charge in [-0.15, -0.1) is 0 Å². The first kappa shape index (κ1) is 61.6. The number of hydrogen-bond acceptors (Lipinski definition) is 6. The van der Waals surface area contributed by atoms with Gasteiger partial charge in [-0.1, -0.05) is 209 Å². The second kappa shape index (κ2) is 53.2. The topological polar surface area (TPSA) is 78.9 Å². The Hall–Kier alpha value is -3.41. The molecule has 0 saturated carbocycles. The van der Waals surface area contributed by atoms with Crippen LogP contribution in [0, 0.1) is 0 Å². The molecule has 0 rings (SSSR count). The lowest BCUT2D eigenvalue weighted by atomic mass is 10.1. The van der Waals surface area contributed by atoms with Gasteiger partial charge in [0.2, 0.25) is 0 Å². The molecule has 0 aliphatic rings. The van der Waals surface area contributed by atoms with Crippen LogP contribution in [0.4, 0.5) is 0 Å². The monoisotopic (exact) mass is 905 g/mol. The van der Waals surface area contributed by atoms with Crippen molar-refractivity contribution in [3.63, 3.8) is 0 Å². The van der Waals surface area contributed by atoms with E-state index in [9.17, 15) is 14.4 Å². The largest absolute Gasteiger partial charge is 0.462 e. The Morgan fingerprint density at radius 1 is 0.323 bits per heavy atom. The first-order valence-corrected chi connectivity index (χ1v) is 27.1. The van der Waals surface area contributed by atoms with Crippen molar-refractivity contribution in [3.05, 3.63) is 85.1 Å². The standard InChI is InChI=1S/C59H100O6/c1-4-7-10-13-16-19-22-24-26-28-29-31-33-35-38-41-44-47-50-53-59(62)65-56(54-63-57(60)51-48-45-42-39-36-21-18-15-12-9-6-3)55-64-58(61)52-49-46-43-40-37-34-32-30-27-25-23-20-17-14-11-8-5-2/h7,10,15-16,18-19,24-27,29,31,35,38,56H,4-6,8-9,11-14,17,20-23,28,30,32-34,36-37,39-55H2,1-3H3/b10-7-,18-15-,19-16-,26-24-,27-25-,31-29-,38-35-/t56-/m0/s1. The van der Waals surface area contributed by atoms with Gasteiger partial charge >= 0.3 is 17.9 Å². The number of ether oxygens (including phenoxy) is 3. The molecular weight excluding hydrogens is 805 g/mol. The van der Waals surface area contributed by atoms with E-state index in [1.54, 1.807) is 0 Å². The van der Waals surface area contributed by atoms with E-state index in [0.29, 0.717) is 12.8 Å². The van der Waals surface area contributed by atoms with Crippen molar-refractivity contribution in [2.24, 2.45) is 0 Å². The third-order valence-electron chi connectivity index (χ3n) is 11.4. The highest BCUT2D eigenvalue weighted by atomic mass is 16.6. The van der Waals surface area contributed by atoms with Gasteiger partial charge in [0.25, 0.3) is 0 Å². The Balaban J connectivity index is 4.44. The molecule has 0 aliphatic carbocycles. The highest BCUT2D eigenvalue weighted by molar-refractivity contribution is 5.71. The SMILES string of the molecule is CC/C=C\C/C=C\C/C=C\C/C=C\C/C=C\CCCCCC(=O)O[C@@H](COC(=O)CCCCCCC/C=C\CCCC)COC(=O)CCCCCCCCC/C=C\CCCCCCCC. The summed E-state index contributed by atoms with van der Waals surface area (Å²) in [6.45, 7) is 6.45. The average molecular weight is 905 g/mol. The maximum Gasteiger partial charge on any atom is 0.306 e. The molecule has 0 spiro atoms. The van der Waals surface area contributed by atoms with Crippen molar-refractivity contribution >= 4 is 17.9 Å². The van der Waals surface area contributed by atoms with Crippen LogP contribution in [0.2, 0.25) is 0 Å². The van der Waals surface area contributed by atoms with Crippen molar-refractivity contribution in [2.45, 2.75) is 258 Å². The molecule has 0 radical (unpaired) electrons. The number of esters is 3. The van der Waals surface area contributed by atoms with Crippen molar-refractivity contribution in [1.29, 1.82) is 0 Å². The molecule has 0 aromatic rings. The summed E-state index contributed by atoms with van der Waals surface area (Å²) in [4.78, 5) is 38.0. The lowest BCUT2D eigenvalue weighted by Gasteiger charge is -2.18. The number of allylic oxidation sites excluding steroid dienone is 14. The van der Waals surface area contributed by atoms with Gasteiger partial charge in [-0.3, -0.25) is 14.4 Å². The van der Waals surface area contributed by atoms with Gasteiger partial charge < -0.3 is 14.2 Å². The first-order valence-electron chi connectivity index (χ1n) is 27.1. The van der Waals surface area contributed by atoms with Crippen LogP contribution < -0.4 is 0 Å². The number of unbranched alkanes of at least 4 members (excludes halogenated alkanes) is 23. The fourth-order valence-electron chi connectivity index (χ4n) is 7.27. The van der Waals surface area contributed by atoms with Crippen LogP contribution in [0.5, 0.6) is 0 Å². The van der Waals surface area contributed by atoms with E-state index in [1.165, 1.54) is 103 Å². The molecule has 0 N–H and O–H groups in total. The fraction of sp³-hybridized carbons (Fsp3) is 0.712. The predicted octanol–water partition coefficient (Wildman–Crippen LogP) is 18.0. The Bertz CT molecular complexity index is 1270. The second-order valence-corrected chi connectivity index (χ2v) is 17.7. The molecule has 6 nitrogen and oxygen atoms in total. The molecule has 1 atom stereocenters. The number of hydrogen-bond donors (Lipinski definition) is 0. The van der Waals surface area contributed by atoms with Crippen molar-refractivity contribution in [3.8, 4) is 0 Å². The van der Waals surface area contributed by atoms with E-state index in [0.717, 1.165) is 109 Å². The van der Waals surface area contributed by atoms with Gasteiger partial charge in [-0.2, -0.15) is 0 Å². The zero-order valence-electron chi connectivity index (χ0n) is 42.5. The summed E-state index contributed by atoms with van der Waals surface area (Å²) in [5.74, 6) is -0.941. The van der Waals surface area contributed by atoms with Gasteiger partial charge in [-0.25, -0.2) is 0 Å². The Kier molecular flexibility index (Phi) is 50.4. The fourth-order valence-corrected chi connectivity index (χ4v) is 7.27. The number of carbonyl (C=O) groups is 3. The molecule has 0 aliphatic heterocycles. The summed E-state index contributed by atoms with van der Waals surface area (Å²) in [5.41, 5.74) is 0. The molecule has 372 valence electrons. The Morgan fingerprint density at radius 3 is 1.02 bits per heavy atom. The van der Waals surface area contributed by atoms with Crippen LogP contribution in [0.1, 0.15) is 252 Å². The average Bonchev–Trinajstić information content (AvgIpc) is 3.30. The van der Waals surface area contributed by atoms with Crippen LogP contribution in [0.3, 0.4) is 0 Å². The van der Waals surface area contributed by atoms with Crippen molar-refractivity contribution < 1.29 is 28.6 Å². The molecule has 0 aromatic carbocycles. The molecule has 0 saturated heterocycles. The summed E-state index contributed by atoms with van der Waals surface area (Å²) in [6, 6.07) is 0. The highest BCUT2D eigenvalue weighted by Crippen LogP contribution is 2.14. The van der Waals surface area contributed by atoms with E-state index in [2.05, 4.69) is 106 Å². The van der Waals surface area contributed by atoms with Gasteiger partial charge in [0.15, 0.2) is 6.10 Å². The summed E-state index contributed by atoms with van der Waals surface area (Å²) in [6.07, 6.45) is 68.5. The van der Waals surface area contributed by atoms with Gasteiger partial charge in [0.05, 0.1) is 0 Å². The highest BCUT2D eigenvalue weighted by Gasteiger charge is 2.19. The maximum absolute atomic E-state index is 12.8. The summed E-state index contributed by atoms with van der Waals surface area (Å²) < 4.78 is 16.8. The van der Waals surface area contributed by atoms with E-state index in [4.69, 9.17) is 14.2 Å². The zero-order valence-corrected chi connectivity index (χ0v) is 42.5. The minimum Gasteiger partial charge on any atom is -0.462 e. The smallest absolute Gasteiger partial charge is 0.306 e. The Morgan fingerprint density at radius 2 is 0.615 bits per heavy atom. The van der Waals surface area contributed by atoms with Crippen molar-refractivity contribution in [2.75, 3.05) is 13.2 Å². The van der Waals surface area contributed by atoms with E-state index in [-0.39, 0.29) is 37.5 Å².